The summed E-state index contributed by atoms with van der Waals surface area (Å²) in [5, 5.41) is -0.0888. The highest BCUT2D eigenvalue weighted by molar-refractivity contribution is 8.18. The van der Waals surface area contributed by atoms with Gasteiger partial charge in [-0.2, -0.15) is 0 Å². The second-order valence-electron chi connectivity index (χ2n) is 5.94. The summed E-state index contributed by atoms with van der Waals surface area (Å²) in [4.78, 5) is 37.7. The Morgan fingerprint density at radius 2 is 2.04 bits per heavy atom. The van der Waals surface area contributed by atoms with Crippen molar-refractivity contribution >= 4 is 46.6 Å². The highest BCUT2D eigenvalue weighted by atomic mass is 35.5. The minimum atomic E-state index is -0.525. The Morgan fingerprint density at radius 1 is 1.32 bits per heavy atom. The smallest absolute Gasteiger partial charge is 0.344 e. The summed E-state index contributed by atoms with van der Waals surface area (Å²) in [6, 6.07) is 3.01. The van der Waals surface area contributed by atoms with Crippen LogP contribution in [0.2, 0.25) is 5.02 Å². The van der Waals surface area contributed by atoms with Gasteiger partial charge in [-0.25, -0.2) is 4.79 Å². The van der Waals surface area contributed by atoms with Crippen LogP contribution in [0.3, 0.4) is 0 Å². The lowest BCUT2D eigenvalue weighted by Gasteiger charge is -2.19. The molecule has 1 aromatic rings. The fourth-order valence-corrected chi connectivity index (χ4v) is 3.69. The molecule has 7 nitrogen and oxygen atoms in total. The number of nitrogens with zero attached hydrogens (tertiary/aromatic N) is 1. The topological polar surface area (TPSA) is 82.1 Å². The zero-order valence-electron chi connectivity index (χ0n) is 16.1. The van der Waals surface area contributed by atoms with E-state index >= 15 is 0 Å². The van der Waals surface area contributed by atoms with E-state index in [0.29, 0.717) is 22.6 Å². The number of thioether (sulfide) groups is 1. The minimum absolute atomic E-state index is 0.171. The molecule has 1 aliphatic heterocycles. The number of methoxy groups -OCH3 is 1. The maximum absolute atomic E-state index is 12.5. The predicted molar refractivity (Wildman–Crippen MR) is 108 cm³/mol. The Morgan fingerprint density at radius 3 is 2.64 bits per heavy atom. The standard InChI is InChI=1S/C19H22ClNO6S/c1-5-11(3)21-18(23)15(28-19(21)24)9-12-7-13(20)17(14(8-12)25-4)27-10-16(22)26-6-2/h7-9,11H,5-6,10H2,1-4H3/b15-9-/t11-/m0/s1. The van der Waals surface area contributed by atoms with E-state index in [4.69, 9.17) is 25.8 Å². The van der Waals surface area contributed by atoms with Gasteiger partial charge in [0.25, 0.3) is 11.1 Å². The molecule has 2 amide bonds. The van der Waals surface area contributed by atoms with Gasteiger partial charge in [0.15, 0.2) is 18.1 Å². The van der Waals surface area contributed by atoms with Gasteiger partial charge in [-0.3, -0.25) is 14.5 Å². The van der Waals surface area contributed by atoms with Crippen molar-refractivity contribution in [1.29, 1.82) is 0 Å². The summed E-state index contributed by atoms with van der Waals surface area (Å²) < 4.78 is 15.5. The highest BCUT2D eigenvalue weighted by Gasteiger charge is 2.37. The van der Waals surface area contributed by atoms with E-state index < -0.39 is 5.97 Å². The fraction of sp³-hybridized carbons (Fsp3) is 0.421. The Bertz CT molecular complexity index is 810. The van der Waals surface area contributed by atoms with E-state index in [-0.39, 0.29) is 41.2 Å². The van der Waals surface area contributed by atoms with Crippen molar-refractivity contribution in [2.45, 2.75) is 33.2 Å². The number of hydrogen-bond donors (Lipinski definition) is 0. The van der Waals surface area contributed by atoms with Gasteiger partial charge in [0, 0.05) is 6.04 Å². The molecular formula is C19H22ClNO6S. The van der Waals surface area contributed by atoms with E-state index in [1.165, 1.54) is 12.0 Å². The van der Waals surface area contributed by atoms with Crippen LogP contribution in [-0.2, 0) is 14.3 Å². The molecule has 0 unspecified atom stereocenters. The van der Waals surface area contributed by atoms with E-state index in [1.807, 2.05) is 13.8 Å². The molecule has 1 aromatic carbocycles. The van der Waals surface area contributed by atoms with E-state index in [0.717, 1.165) is 11.8 Å². The minimum Gasteiger partial charge on any atom is -0.493 e. The molecule has 152 valence electrons. The molecule has 2 rings (SSSR count). The molecule has 9 heteroatoms. The molecule has 0 bridgehead atoms. The average Bonchev–Trinajstić information content (AvgIpc) is 2.93. The Kier molecular flexibility index (Phi) is 7.77. The third-order valence-corrected chi connectivity index (χ3v) is 5.21. The number of ether oxygens (including phenoxy) is 3. The van der Waals surface area contributed by atoms with Crippen LogP contribution in [0.25, 0.3) is 6.08 Å². The van der Waals surface area contributed by atoms with Gasteiger partial charge in [0.1, 0.15) is 0 Å². The molecule has 1 atom stereocenters. The Hall–Kier alpha value is -2.19. The molecule has 0 N–H and O–H groups in total. The molecule has 1 heterocycles. The molecule has 0 spiro atoms. The van der Waals surface area contributed by atoms with Crippen molar-refractivity contribution < 1.29 is 28.6 Å². The zero-order valence-corrected chi connectivity index (χ0v) is 17.7. The molecular weight excluding hydrogens is 406 g/mol. The molecule has 0 saturated carbocycles. The van der Waals surface area contributed by atoms with Crippen LogP contribution in [0.4, 0.5) is 4.79 Å². The second-order valence-corrected chi connectivity index (χ2v) is 7.34. The lowest BCUT2D eigenvalue weighted by atomic mass is 10.1. The third-order valence-electron chi connectivity index (χ3n) is 4.04. The van der Waals surface area contributed by atoms with Crippen molar-refractivity contribution in [1.82, 2.24) is 4.90 Å². The average molecular weight is 428 g/mol. The quantitative estimate of drug-likeness (QED) is 0.455. The number of amides is 2. The van der Waals surface area contributed by atoms with Gasteiger partial charge in [-0.15, -0.1) is 0 Å². The van der Waals surface area contributed by atoms with E-state index in [2.05, 4.69) is 0 Å². The number of carbonyl (C=O) groups excluding carboxylic acids is 3. The molecule has 0 radical (unpaired) electrons. The first kappa shape index (κ1) is 22.1. The van der Waals surface area contributed by atoms with Gasteiger partial charge < -0.3 is 14.2 Å². The van der Waals surface area contributed by atoms with Gasteiger partial charge in [-0.05, 0) is 55.8 Å². The number of imide groups is 1. The first-order chi connectivity index (χ1) is 13.3. The summed E-state index contributed by atoms with van der Waals surface area (Å²) in [6.07, 6.45) is 2.26. The molecule has 1 fully saturated rings. The summed E-state index contributed by atoms with van der Waals surface area (Å²) >= 11 is 7.16. The van der Waals surface area contributed by atoms with Crippen LogP contribution in [0, 0.1) is 0 Å². The molecule has 1 saturated heterocycles. The SMILES string of the molecule is CCOC(=O)COc1c(Cl)cc(/C=C2\SC(=O)N([C@@H](C)CC)C2=O)cc1OC. The van der Waals surface area contributed by atoms with Crippen LogP contribution in [0.5, 0.6) is 11.5 Å². The maximum atomic E-state index is 12.5. The first-order valence-corrected chi connectivity index (χ1v) is 9.94. The monoisotopic (exact) mass is 427 g/mol. The number of benzene rings is 1. The van der Waals surface area contributed by atoms with Crippen LogP contribution in [0.15, 0.2) is 17.0 Å². The normalized spacial score (nSPS) is 16.5. The van der Waals surface area contributed by atoms with Crippen molar-refractivity contribution in [3.63, 3.8) is 0 Å². The fourth-order valence-electron chi connectivity index (χ4n) is 2.49. The highest BCUT2D eigenvalue weighted by Crippen LogP contribution is 2.39. The summed E-state index contributed by atoms with van der Waals surface area (Å²) in [5.74, 6) is -0.364. The van der Waals surface area contributed by atoms with Crippen molar-refractivity contribution in [2.75, 3.05) is 20.3 Å². The number of esters is 1. The summed E-state index contributed by atoms with van der Waals surface area (Å²) in [6.45, 7) is 5.38. The Labute approximate surface area is 172 Å². The number of carbonyl (C=O) groups is 3. The van der Waals surface area contributed by atoms with Gasteiger partial charge in [0.05, 0.1) is 23.6 Å². The van der Waals surface area contributed by atoms with Crippen LogP contribution >= 0.6 is 23.4 Å². The summed E-state index contributed by atoms with van der Waals surface area (Å²) in [5.41, 5.74) is 0.569. The first-order valence-electron chi connectivity index (χ1n) is 8.75. The maximum Gasteiger partial charge on any atom is 0.344 e. The van der Waals surface area contributed by atoms with Crippen LogP contribution < -0.4 is 9.47 Å². The molecule has 1 aliphatic rings. The number of rotatable bonds is 8. The Balaban J connectivity index is 2.27. The molecule has 28 heavy (non-hydrogen) atoms. The van der Waals surface area contributed by atoms with Crippen molar-refractivity contribution in [3.8, 4) is 11.5 Å². The number of hydrogen-bond acceptors (Lipinski definition) is 7. The molecule has 0 aromatic heterocycles. The zero-order chi connectivity index (χ0) is 20.8. The van der Waals surface area contributed by atoms with E-state index in [9.17, 15) is 14.4 Å². The van der Waals surface area contributed by atoms with Gasteiger partial charge in [-0.1, -0.05) is 18.5 Å². The second kappa shape index (κ2) is 9.84. The largest absolute Gasteiger partial charge is 0.493 e. The lowest BCUT2D eigenvalue weighted by molar-refractivity contribution is -0.145. The predicted octanol–water partition coefficient (Wildman–Crippen LogP) is 4.13. The lowest BCUT2D eigenvalue weighted by Crippen LogP contribution is -2.36. The van der Waals surface area contributed by atoms with Crippen LogP contribution in [-0.4, -0.2) is 48.4 Å². The van der Waals surface area contributed by atoms with Crippen molar-refractivity contribution in [2.24, 2.45) is 0 Å². The van der Waals surface area contributed by atoms with E-state index in [1.54, 1.807) is 25.1 Å². The number of halogens is 1. The van der Waals surface area contributed by atoms with Crippen LogP contribution in [0.1, 0.15) is 32.8 Å². The van der Waals surface area contributed by atoms with Crippen molar-refractivity contribution in [3.05, 3.63) is 27.6 Å². The summed E-state index contributed by atoms with van der Waals surface area (Å²) in [7, 11) is 1.43. The third kappa shape index (κ3) is 4.99. The molecule has 0 aliphatic carbocycles. The van der Waals surface area contributed by atoms with Gasteiger partial charge in [0.2, 0.25) is 0 Å². The van der Waals surface area contributed by atoms with Gasteiger partial charge >= 0.3 is 5.97 Å².